The van der Waals surface area contributed by atoms with Gasteiger partial charge in [0.1, 0.15) is 5.82 Å². The van der Waals surface area contributed by atoms with E-state index in [1.807, 2.05) is 17.3 Å². The van der Waals surface area contributed by atoms with Gasteiger partial charge in [-0.15, -0.1) is 0 Å². The average molecular weight is 262 g/mol. The molecule has 0 radical (unpaired) electrons. The molecule has 1 fully saturated rings. The van der Waals surface area contributed by atoms with Crippen LogP contribution in [-0.2, 0) is 17.9 Å². The van der Waals surface area contributed by atoms with Crippen molar-refractivity contribution in [3.05, 3.63) is 18.2 Å². The van der Waals surface area contributed by atoms with Gasteiger partial charge >= 0.3 is 0 Å². The zero-order valence-electron chi connectivity index (χ0n) is 11.3. The van der Waals surface area contributed by atoms with Crippen LogP contribution >= 0.6 is 0 Å². The third kappa shape index (κ3) is 2.97. The third-order valence-electron chi connectivity index (χ3n) is 4.32. The molecule has 1 aromatic heterocycles. The quantitative estimate of drug-likeness (QED) is 0.884. The van der Waals surface area contributed by atoms with Crippen LogP contribution in [0.25, 0.3) is 0 Å². The van der Waals surface area contributed by atoms with E-state index < -0.39 is 0 Å². The molecule has 3 rings (SSSR count). The summed E-state index contributed by atoms with van der Waals surface area (Å²) < 4.78 is 2.14. The Morgan fingerprint density at radius 2 is 2.21 bits per heavy atom. The fourth-order valence-electron chi connectivity index (χ4n) is 3.04. The van der Waals surface area contributed by atoms with E-state index in [9.17, 15) is 4.79 Å². The van der Waals surface area contributed by atoms with Gasteiger partial charge in [0.2, 0.25) is 5.91 Å². The third-order valence-corrected chi connectivity index (χ3v) is 4.32. The van der Waals surface area contributed by atoms with Crippen molar-refractivity contribution in [2.45, 2.75) is 38.8 Å². The van der Waals surface area contributed by atoms with Gasteiger partial charge in [0.25, 0.3) is 0 Å². The minimum Gasteiger partial charge on any atom is -0.333 e. The lowest BCUT2D eigenvalue weighted by molar-refractivity contribution is -0.133. The fourth-order valence-corrected chi connectivity index (χ4v) is 3.04. The average Bonchev–Trinajstić information content (AvgIpc) is 2.93. The van der Waals surface area contributed by atoms with Gasteiger partial charge in [-0.25, -0.2) is 4.98 Å². The number of hydrogen-bond donors (Lipinski definition) is 1. The summed E-state index contributed by atoms with van der Waals surface area (Å²) in [5.41, 5.74) is 0. The van der Waals surface area contributed by atoms with E-state index in [1.54, 1.807) is 0 Å². The second-order valence-electron chi connectivity index (χ2n) is 5.58. The Hall–Kier alpha value is -1.36. The van der Waals surface area contributed by atoms with Gasteiger partial charge in [-0.05, 0) is 38.3 Å². The molecule has 5 nitrogen and oxygen atoms in total. The van der Waals surface area contributed by atoms with Crippen molar-refractivity contribution < 1.29 is 4.79 Å². The van der Waals surface area contributed by atoms with Crippen molar-refractivity contribution in [1.29, 1.82) is 0 Å². The van der Waals surface area contributed by atoms with Gasteiger partial charge in [0.15, 0.2) is 0 Å². The largest absolute Gasteiger partial charge is 0.333 e. The Morgan fingerprint density at radius 3 is 3.05 bits per heavy atom. The van der Waals surface area contributed by atoms with E-state index in [0.29, 0.717) is 18.9 Å². The number of aromatic nitrogens is 2. The molecule has 19 heavy (non-hydrogen) atoms. The highest BCUT2D eigenvalue weighted by Gasteiger charge is 2.22. The monoisotopic (exact) mass is 262 g/mol. The molecule has 2 aliphatic rings. The number of carbonyl (C=O) groups excluding carboxylic acids is 1. The number of nitrogens with zero attached hydrogens (tertiary/aromatic N) is 3. The Kier molecular flexibility index (Phi) is 3.82. The molecule has 5 heteroatoms. The van der Waals surface area contributed by atoms with Crippen LogP contribution in [0.15, 0.2) is 12.4 Å². The summed E-state index contributed by atoms with van der Waals surface area (Å²) in [4.78, 5) is 18.5. The van der Waals surface area contributed by atoms with Crippen molar-refractivity contribution >= 4 is 5.91 Å². The molecule has 2 aliphatic heterocycles. The molecular weight excluding hydrogens is 240 g/mol. The molecule has 0 spiro atoms. The van der Waals surface area contributed by atoms with Crippen molar-refractivity contribution in [3.8, 4) is 0 Å². The number of fused-ring (bicyclic) bond motifs is 1. The number of amides is 1. The highest BCUT2D eigenvalue weighted by Crippen LogP contribution is 2.19. The summed E-state index contributed by atoms with van der Waals surface area (Å²) in [6.45, 7) is 4.61. The molecule has 0 saturated carbocycles. The highest BCUT2D eigenvalue weighted by molar-refractivity contribution is 5.76. The van der Waals surface area contributed by atoms with Gasteiger partial charge in [-0.1, -0.05) is 0 Å². The molecular formula is C14H22N4O. The Labute approximate surface area is 114 Å². The van der Waals surface area contributed by atoms with Crippen molar-refractivity contribution in [2.24, 2.45) is 5.92 Å². The van der Waals surface area contributed by atoms with E-state index in [4.69, 9.17) is 0 Å². The second-order valence-corrected chi connectivity index (χ2v) is 5.58. The van der Waals surface area contributed by atoms with Crippen LogP contribution < -0.4 is 5.32 Å². The lowest BCUT2D eigenvalue weighted by Crippen LogP contribution is -2.38. The molecule has 1 saturated heterocycles. The van der Waals surface area contributed by atoms with Crippen molar-refractivity contribution in [2.75, 3.05) is 19.6 Å². The van der Waals surface area contributed by atoms with Crippen LogP contribution in [0.2, 0.25) is 0 Å². The van der Waals surface area contributed by atoms with Crippen molar-refractivity contribution in [1.82, 2.24) is 19.8 Å². The number of imidazole rings is 1. The molecule has 3 heterocycles. The Morgan fingerprint density at radius 1 is 1.37 bits per heavy atom. The summed E-state index contributed by atoms with van der Waals surface area (Å²) in [5.74, 6) is 2.05. The highest BCUT2D eigenvalue weighted by atomic mass is 16.2. The molecule has 104 valence electrons. The SMILES string of the molecule is O=C(CCC1CCNCC1)N1CCn2ccnc2C1. The molecule has 1 aromatic rings. The van der Waals surface area contributed by atoms with E-state index in [-0.39, 0.29) is 0 Å². The van der Waals surface area contributed by atoms with Crippen LogP contribution in [-0.4, -0.2) is 40.0 Å². The Bertz CT molecular complexity index is 436. The van der Waals surface area contributed by atoms with Gasteiger partial charge < -0.3 is 14.8 Å². The summed E-state index contributed by atoms with van der Waals surface area (Å²) in [7, 11) is 0. The minimum atomic E-state index is 0.299. The van der Waals surface area contributed by atoms with Gasteiger partial charge in [-0.3, -0.25) is 4.79 Å². The summed E-state index contributed by atoms with van der Waals surface area (Å²) in [5, 5.41) is 3.37. The van der Waals surface area contributed by atoms with Crippen LogP contribution in [0.4, 0.5) is 0 Å². The number of carbonyl (C=O) groups is 1. The lowest BCUT2D eigenvalue weighted by atomic mass is 9.93. The number of hydrogen-bond acceptors (Lipinski definition) is 3. The predicted octanol–water partition coefficient (Wildman–Crippen LogP) is 1.01. The smallest absolute Gasteiger partial charge is 0.223 e. The van der Waals surface area contributed by atoms with Crippen LogP contribution in [0, 0.1) is 5.92 Å². The van der Waals surface area contributed by atoms with Gasteiger partial charge in [-0.2, -0.15) is 0 Å². The summed E-state index contributed by atoms with van der Waals surface area (Å²) in [6.07, 6.45) is 8.00. The standard InChI is InChI=1S/C14H22N4O/c19-14(2-1-12-3-5-15-6-4-12)18-10-9-17-8-7-16-13(17)11-18/h7-8,12,15H,1-6,9-11H2. The molecule has 0 atom stereocenters. The first-order chi connectivity index (χ1) is 9.33. The zero-order chi connectivity index (χ0) is 13.1. The van der Waals surface area contributed by atoms with Gasteiger partial charge in [0.05, 0.1) is 6.54 Å². The maximum absolute atomic E-state index is 12.2. The summed E-state index contributed by atoms with van der Waals surface area (Å²) in [6, 6.07) is 0. The minimum absolute atomic E-state index is 0.299. The van der Waals surface area contributed by atoms with Crippen LogP contribution in [0.3, 0.4) is 0 Å². The maximum atomic E-state index is 12.2. The van der Waals surface area contributed by atoms with Gasteiger partial charge in [0, 0.05) is 31.9 Å². The van der Waals surface area contributed by atoms with E-state index in [2.05, 4.69) is 14.9 Å². The fraction of sp³-hybridized carbons (Fsp3) is 0.714. The molecule has 0 aliphatic carbocycles. The van der Waals surface area contributed by atoms with Crippen molar-refractivity contribution in [3.63, 3.8) is 0 Å². The topological polar surface area (TPSA) is 50.2 Å². The van der Waals surface area contributed by atoms with Crippen LogP contribution in [0.5, 0.6) is 0 Å². The first-order valence-electron chi connectivity index (χ1n) is 7.31. The Balaban J connectivity index is 1.48. The number of piperidine rings is 1. The first kappa shape index (κ1) is 12.7. The molecule has 0 aromatic carbocycles. The van der Waals surface area contributed by atoms with Crippen LogP contribution in [0.1, 0.15) is 31.5 Å². The number of rotatable bonds is 3. The number of nitrogens with one attached hydrogen (secondary N) is 1. The zero-order valence-corrected chi connectivity index (χ0v) is 11.3. The normalized spacial score (nSPS) is 20.3. The maximum Gasteiger partial charge on any atom is 0.223 e. The molecule has 1 amide bonds. The van der Waals surface area contributed by atoms with E-state index >= 15 is 0 Å². The van der Waals surface area contributed by atoms with E-state index in [1.165, 1.54) is 12.8 Å². The molecule has 1 N–H and O–H groups in total. The second kappa shape index (κ2) is 5.74. The molecule has 0 bridgehead atoms. The van der Waals surface area contributed by atoms with E-state index in [0.717, 1.165) is 44.3 Å². The molecule has 0 unspecified atom stereocenters. The summed E-state index contributed by atoms with van der Waals surface area (Å²) >= 11 is 0. The lowest BCUT2D eigenvalue weighted by Gasteiger charge is -2.29. The predicted molar refractivity (Wildman–Crippen MR) is 72.5 cm³/mol. The first-order valence-corrected chi connectivity index (χ1v) is 7.31.